The summed E-state index contributed by atoms with van der Waals surface area (Å²) in [5.74, 6) is -1.40. The minimum Gasteiger partial charge on any atom is -0.465 e. The molecule has 90 valence electrons. The highest BCUT2D eigenvalue weighted by molar-refractivity contribution is 7.92. The average Bonchev–Trinajstić information content (AvgIpc) is 2.01. The van der Waals surface area contributed by atoms with Crippen molar-refractivity contribution in [1.82, 2.24) is 0 Å². The van der Waals surface area contributed by atoms with Gasteiger partial charge in [-0.3, -0.25) is 4.79 Å². The van der Waals surface area contributed by atoms with Crippen LogP contribution in [0.4, 0.5) is 0 Å². The van der Waals surface area contributed by atoms with Crippen molar-refractivity contribution in [3.8, 4) is 0 Å². The SMILES string of the molecule is CCOC(=O)CS(=O)(=O)CC(N)C(C)C. The molecule has 0 aromatic rings. The van der Waals surface area contributed by atoms with E-state index in [1.165, 1.54) is 0 Å². The van der Waals surface area contributed by atoms with Gasteiger partial charge in [0, 0.05) is 6.04 Å². The largest absolute Gasteiger partial charge is 0.465 e. The third kappa shape index (κ3) is 6.46. The summed E-state index contributed by atoms with van der Waals surface area (Å²) in [5.41, 5.74) is 5.62. The van der Waals surface area contributed by atoms with E-state index in [1.807, 2.05) is 13.8 Å². The molecular formula is C9H19NO4S. The lowest BCUT2D eigenvalue weighted by Crippen LogP contribution is -2.36. The number of hydrogen-bond acceptors (Lipinski definition) is 5. The minimum atomic E-state index is -3.45. The molecule has 0 spiro atoms. The molecule has 0 aromatic carbocycles. The number of ether oxygens (including phenoxy) is 1. The van der Waals surface area contributed by atoms with Crippen LogP contribution in [-0.4, -0.2) is 38.5 Å². The average molecular weight is 237 g/mol. The molecule has 0 aromatic heterocycles. The van der Waals surface area contributed by atoms with E-state index in [2.05, 4.69) is 4.74 Å². The molecule has 5 nitrogen and oxygen atoms in total. The van der Waals surface area contributed by atoms with Gasteiger partial charge in [-0.25, -0.2) is 8.42 Å². The summed E-state index contributed by atoms with van der Waals surface area (Å²) in [6.07, 6.45) is 0. The van der Waals surface area contributed by atoms with Crippen molar-refractivity contribution in [2.24, 2.45) is 11.7 Å². The first-order valence-corrected chi connectivity index (χ1v) is 6.72. The van der Waals surface area contributed by atoms with Crippen LogP contribution < -0.4 is 5.73 Å². The number of carbonyl (C=O) groups excluding carboxylic acids is 1. The fourth-order valence-electron chi connectivity index (χ4n) is 0.927. The molecule has 1 unspecified atom stereocenters. The van der Waals surface area contributed by atoms with Crippen LogP contribution in [0.1, 0.15) is 20.8 Å². The van der Waals surface area contributed by atoms with Crippen molar-refractivity contribution < 1.29 is 17.9 Å². The van der Waals surface area contributed by atoms with Crippen molar-refractivity contribution in [2.75, 3.05) is 18.1 Å². The van der Waals surface area contributed by atoms with Crippen LogP contribution in [0.5, 0.6) is 0 Å². The van der Waals surface area contributed by atoms with E-state index in [9.17, 15) is 13.2 Å². The number of esters is 1. The van der Waals surface area contributed by atoms with Crippen molar-refractivity contribution in [1.29, 1.82) is 0 Å². The van der Waals surface area contributed by atoms with Gasteiger partial charge < -0.3 is 10.5 Å². The van der Waals surface area contributed by atoms with E-state index in [0.717, 1.165) is 0 Å². The Bertz CT molecular complexity index is 297. The lowest BCUT2D eigenvalue weighted by molar-refractivity contribution is -0.139. The Labute approximate surface area is 90.9 Å². The van der Waals surface area contributed by atoms with Crippen molar-refractivity contribution in [3.05, 3.63) is 0 Å². The Morgan fingerprint density at radius 2 is 1.93 bits per heavy atom. The molecule has 0 saturated carbocycles. The predicted molar refractivity (Wildman–Crippen MR) is 58.1 cm³/mol. The number of hydrogen-bond donors (Lipinski definition) is 1. The summed E-state index contributed by atoms with van der Waals surface area (Å²) in [4.78, 5) is 11.0. The minimum absolute atomic E-state index is 0.0713. The van der Waals surface area contributed by atoms with E-state index >= 15 is 0 Å². The first kappa shape index (κ1) is 14.4. The number of carbonyl (C=O) groups is 1. The van der Waals surface area contributed by atoms with Crippen LogP contribution in [0.25, 0.3) is 0 Å². The highest BCUT2D eigenvalue weighted by Crippen LogP contribution is 2.03. The van der Waals surface area contributed by atoms with Crippen LogP contribution in [0.15, 0.2) is 0 Å². The maximum atomic E-state index is 11.4. The van der Waals surface area contributed by atoms with Crippen LogP contribution in [0, 0.1) is 5.92 Å². The summed E-state index contributed by atoms with van der Waals surface area (Å²) in [5, 5.41) is 0. The van der Waals surface area contributed by atoms with Gasteiger partial charge in [-0.05, 0) is 12.8 Å². The molecule has 0 bridgehead atoms. The molecular weight excluding hydrogens is 218 g/mol. The first-order valence-electron chi connectivity index (χ1n) is 4.90. The van der Waals surface area contributed by atoms with Crippen LogP contribution in [-0.2, 0) is 19.4 Å². The van der Waals surface area contributed by atoms with Gasteiger partial charge in [0.15, 0.2) is 9.84 Å². The van der Waals surface area contributed by atoms with Crippen molar-refractivity contribution >= 4 is 15.8 Å². The number of nitrogens with two attached hydrogens (primary N) is 1. The molecule has 0 rings (SSSR count). The summed E-state index contributed by atoms with van der Waals surface area (Å²) in [6, 6.07) is -0.440. The fourth-order valence-corrected chi connectivity index (χ4v) is 2.46. The van der Waals surface area contributed by atoms with Crippen LogP contribution in [0.3, 0.4) is 0 Å². The summed E-state index contributed by atoms with van der Waals surface area (Å²) < 4.78 is 27.5. The summed E-state index contributed by atoms with van der Waals surface area (Å²) in [6.45, 7) is 5.49. The van der Waals surface area contributed by atoms with Gasteiger partial charge in [0.05, 0.1) is 12.4 Å². The van der Waals surface area contributed by atoms with Gasteiger partial charge in [0.25, 0.3) is 0 Å². The predicted octanol–water partition coefficient (Wildman–Crippen LogP) is -0.0524. The summed E-state index contributed by atoms with van der Waals surface area (Å²) >= 11 is 0. The van der Waals surface area contributed by atoms with Crippen molar-refractivity contribution in [3.63, 3.8) is 0 Å². The Morgan fingerprint density at radius 1 is 1.40 bits per heavy atom. The lowest BCUT2D eigenvalue weighted by Gasteiger charge is -2.15. The first-order chi connectivity index (χ1) is 6.78. The lowest BCUT2D eigenvalue weighted by atomic mass is 10.1. The van der Waals surface area contributed by atoms with Crippen LogP contribution >= 0.6 is 0 Å². The number of sulfone groups is 1. The van der Waals surface area contributed by atoms with Gasteiger partial charge in [-0.15, -0.1) is 0 Å². The molecule has 0 heterocycles. The highest BCUT2D eigenvalue weighted by Gasteiger charge is 2.22. The zero-order valence-electron chi connectivity index (χ0n) is 9.39. The highest BCUT2D eigenvalue weighted by atomic mass is 32.2. The Morgan fingerprint density at radius 3 is 2.33 bits per heavy atom. The Kier molecular flexibility index (Phi) is 5.82. The van der Waals surface area contributed by atoms with Crippen molar-refractivity contribution in [2.45, 2.75) is 26.8 Å². The third-order valence-corrected chi connectivity index (χ3v) is 3.51. The second-order valence-electron chi connectivity index (χ2n) is 3.77. The molecule has 0 radical (unpaired) electrons. The molecule has 2 N–H and O–H groups in total. The smallest absolute Gasteiger partial charge is 0.321 e. The maximum absolute atomic E-state index is 11.4. The molecule has 0 fully saturated rings. The Balaban J connectivity index is 4.26. The van der Waals surface area contributed by atoms with E-state index in [1.54, 1.807) is 6.92 Å². The van der Waals surface area contributed by atoms with Crippen LogP contribution in [0.2, 0.25) is 0 Å². The quantitative estimate of drug-likeness (QED) is 0.654. The molecule has 6 heteroatoms. The maximum Gasteiger partial charge on any atom is 0.321 e. The van der Waals surface area contributed by atoms with E-state index in [0.29, 0.717) is 0 Å². The van der Waals surface area contributed by atoms with Gasteiger partial charge in [0.1, 0.15) is 5.75 Å². The second-order valence-corrected chi connectivity index (χ2v) is 5.88. The van der Waals surface area contributed by atoms with E-state index in [4.69, 9.17) is 5.73 Å². The van der Waals surface area contributed by atoms with Gasteiger partial charge in [0.2, 0.25) is 0 Å². The van der Waals surface area contributed by atoms with E-state index in [-0.39, 0.29) is 18.3 Å². The molecule has 0 saturated heterocycles. The second kappa shape index (κ2) is 6.07. The standard InChI is InChI=1S/C9H19NO4S/c1-4-14-9(11)6-15(12,13)5-8(10)7(2)3/h7-8H,4-6,10H2,1-3H3. The molecule has 15 heavy (non-hydrogen) atoms. The molecule has 0 amide bonds. The summed E-state index contributed by atoms with van der Waals surface area (Å²) in [7, 11) is -3.45. The fraction of sp³-hybridized carbons (Fsp3) is 0.889. The zero-order chi connectivity index (χ0) is 12.1. The van der Waals surface area contributed by atoms with Gasteiger partial charge in [-0.1, -0.05) is 13.8 Å². The molecule has 0 aliphatic rings. The monoisotopic (exact) mass is 237 g/mol. The normalized spacial score (nSPS) is 13.9. The molecule has 0 aliphatic carbocycles. The van der Waals surface area contributed by atoms with Gasteiger partial charge in [-0.2, -0.15) is 0 Å². The molecule has 0 aliphatic heterocycles. The Hall–Kier alpha value is -0.620. The zero-order valence-corrected chi connectivity index (χ0v) is 10.2. The van der Waals surface area contributed by atoms with E-state index < -0.39 is 27.6 Å². The topological polar surface area (TPSA) is 86.5 Å². The number of rotatable bonds is 6. The molecule has 1 atom stereocenters. The van der Waals surface area contributed by atoms with Gasteiger partial charge >= 0.3 is 5.97 Å². The third-order valence-electron chi connectivity index (χ3n) is 1.95.